The van der Waals surface area contributed by atoms with Gasteiger partial charge in [0.15, 0.2) is 0 Å². The number of esters is 1. The molecule has 0 saturated carbocycles. The summed E-state index contributed by atoms with van der Waals surface area (Å²) in [4.78, 5) is 22.3. The van der Waals surface area contributed by atoms with Crippen LogP contribution in [0, 0.1) is 0 Å². The zero-order valence-corrected chi connectivity index (χ0v) is 10.2. The van der Waals surface area contributed by atoms with Gasteiger partial charge in [-0.25, -0.2) is 4.79 Å². The maximum Gasteiger partial charge on any atom is 0.407 e. The van der Waals surface area contributed by atoms with E-state index in [2.05, 4.69) is 10.1 Å². The van der Waals surface area contributed by atoms with Crippen LogP contribution in [0.1, 0.15) is 27.7 Å². The first-order valence-corrected chi connectivity index (χ1v) is 5.15. The summed E-state index contributed by atoms with van der Waals surface area (Å²) in [5.41, 5.74) is 4.90. The number of rotatable bonds is 4. The first-order valence-electron chi connectivity index (χ1n) is 5.15. The van der Waals surface area contributed by atoms with Gasteiger partial charge in [0.2, 0.25) is 0 Å². The van der Waals surface area contributed by atoms with Crippen molar-refractivity contribution in [3.05, 3.63) is 0 Å². The van der Waals surface area contributed by atoms with Crippen molar-refractivity contribution in [2.24, 2.45) is 5.73 Å². The summed E-state index contributed by atoms with van der Waals surface area (Å²) in [5, 5.41) is 2.39. The van der Waals surface area contributed by atoms with E-state index in [4.69, 9.17) is 10.5 Å². The molecule has 1 amide bonds. The average molecular weight is 232 g/mol. The van der Waals surface area contributed by atoms with E-state index in [1.165, 1.54) is 0 Å². The Morgan fingerprint density at radius 2 is 1.94 bits per heavy atom. The lowest BCUT2D eigenvalue weighted by atomic mass is 10.2. The minimum atomic E-state index is -0.868. The van der Waals surface area contributed by atoms with Crippen LogP contribution in [0.5, 0.6) is 0 Å². The van der Waals surface area contributed by atoms with Gasteiger partial charge < -0.3 is 20.5 Å². The molecule has 6 heteroatoms. The lowest BCUT2D eigenvalue weighted by Crippen LogP contribution is -2.44. The topological polar surface area (TPSA) is 90.6 Å². The molecule has 0 radical (unpaired) electrons. The van der Waals surface area contributed by atoms with E-state index in [-0.39, 0.29) is 13.2 Å². The highest BCUT2D eigenvalue weighted by atomic mass is 16.6. The van der Waals surface area contributed by atoms with Crippen LogP contribution in [0.2, 0.25) is 0 Å². The molecule has 0 fully saturated rings. The number of nitrogens with one attached hydrogen (secondary N) is 1. The monoisotopic (exact) mass is 232 g/mol. The molecule has 0 aliphatic rings. The third-order valence-corrected chi connectivity index (χ3v) is 1.45. The summed E-state index contributed by atoms with van der Waals surface area (Å²) in [5.74, 6) is -0.543. The Morgan fingerprint density at radius 1 is 1.38 bits per heavy atom. The van der Waals surface area contributed by atoms with Gasteiger partial charge in [-0.1, -0.05) is 0 Å². The van der Waals surface area contributed by atoms with Gasteiger partial charge in [0.05, 0.1) is 6.61 Å². The van der Waals surface area contributed by atoms with Crippen molar-refractivity contribution in [1.82, 2.24) is 5.32 Å². The van der Waals surface area contributed by atoms with E-state index in [0.717, 1.165) is 0 Å². The molecule has 94 valence electrons. The van der Waals surface area contributed by atoms with Gasteiger partial charge in [-0.2, -0.15) is 0 Å². The quantitative estimate of drug-likeness (QED) is 0.685. The minimum absolute atomic E-state index is 0.00620. The number of carbonyl (C=O) groups is 2. The fourth-order valence-electron chi connectivity index (χ4n) is 0.840. The maximum atomic E-state index is 11.2. The number of amides is 1. The molecule has 16 heavy (non-hydrogen) atoms. The van der Waals surface area contributed by atoms with E-state index in [9.17, 15) is 9.59 Å². The zero-order valence-electron chi connectivity index (χ0n) is 10.2. The van der Waals surface area contributed by atoms with Crippen LogP contribution < -0.4 is 11.1 Å². The van der Waals surface area contributed by atoms with Gasteiger partial charge in [0, 0.05) is 6.54 Å². The van der Waals surface area contributed by atoms with Crippen molar-refractivity contribution >= 4 is 12.1 Å². The van der Waals surface area contributed by atoms with Gasteiger partial charge in [-0.15, -0.1) is 0 Å². The second-order valence-corrected chi connectivity index (χ2v) is 4.24. The molecule has 0 aliphatic carbocycles. The Labute approximate surface area is 95.5 Å². The van der Waals surface area contributed by atoms with Crippen molar-refractivity contribution in [2.45, 2.75) is 39.3 Å². The summed E-state index contributed by atoms with van der Waals surface area (Å²) in [7, 11) is 0. The van der Waals surface area contributed by atoms with Gasteiger partial charge in [0.1, 0.15) is 11.6 Å². The van der Waals surface area contributed by atoms with E-state index in [1.54, 1.807) is 27.7 Å². The standard InChI is InChI=1S/C10H20N2O4/c1-5-15-8(13)7(11)6-12-9(14)16-10(2,3)4/h7H,5-6,11H2,1-4H3,(H,12,14)/t7-/m1/s1. The Hall–Kier alpha value is -1.30. The van der Waals surface area contributed by atoms with E-state index >= 15 is 0 Å². The number of ether oxygens (including phenoxy) is 2. The number of hydrogen-bond donors (Lipinski definition) is 2. The van der Waals surface area contributed by atoms with Gasteiger partial charge >= 0.3 is 12.1 Å². The Kier molecular flexibility index (Phi) is 5.81. The fourth-order valence-corrected chi connectivity index (χ4v) is 0.840. The third kappa shape index (κ3) is 7.05. The Balaban J connectivity index is 3.88. The predicted molar refractivity (Wildman–Crippen MR) is 58.8 cm³/mol. The molecule has 3 N–H and O–H groups in total. The second kappa shape index (κ2) is 6.32. The molecule has 0 rings (SSSR count). The maximum absolute atomic E-state index is 11.2. The molecular weight excluding hydrogens is 212 g/mol. The summed E-state index contributed by atoms with van der Waals surface area (Å²) in [6.45, 7) is 7.19. The fraction of sp³-hybridized carbons (Fsp3) is 0.800. The molecule has 0 aliphatic heterocycles. The van der Waals surface area contributed by atoms with Gasteiger partial charge in [-0.3, -0.25) is 4.79 Å². The van der Waals surface area contributed by atoms with E-state index in [1.807, 2.05) is 0 Å². The molecule has 0 aromatic carbocycles. The van der Waals surface area contributed by atoms with Crippen LogP contribution in [0.25, 0.3) is 0 Å². The SMILES string of the molecule is CCOC(=O)[C@H](N)CNC(=O)OC(C)(C)C. The number of alkyl carbamates (subject to hydrolysis) is 1. The summed E-state index contributed by atoms with van der Waals surface area (Å²) < 4.78 is 9.65. The number of hydrogen-bond acceptors (Lipinski definition) is 5. The lowest BCUT2D eigenvalue weighted by molar-refractivity contribution is -0.144. The largest absolute Gasteiger partial charge is 0.465 e. The van der Waals surface area contributed by atoms with Crippen molar-refractivity contribution in [3.63, 3.8) is 0 Å². The summed E-state index contributed by atoms with van der Waals surface area (Å²) in [6.07, 6.45) is -0.604. The van der Waals surface area contributed by atoms with Crippen molar-refractivity contribution < 1.29 is 19.1 Å². The van der Waals surface area contributed by atoms with Crippen LogP contribution in [0.15, 0.2) is 0 Å². The molecule has 0 spiro atoms. The van der Waals surface area contributed by atoms with Crippen molar-refractivity contribution in [2.75, 3.05) is 13.2 Å². The zero-order chi connectivity index (χ0) is 12.8. The van der Waals surface area contributed by atoms with E-state index < -0.39 is 23.7 Å². The van der Waals surface area contributed by atoms with E-state index in [0.29, 0.717) is 0 Å². The van der Waals surface area contributed by atoms with Crippen LogP contribution in [-0.4, -0.2) is 36.9 Å². The summed E-state index contributed by atoms with van der Waals surface area (Å²) >= 11 is 0. The van der Waals surface area contributed by atoms with Crippen molar-refractivity contribution in [1.29, 1.82) is 0 Å². The molecule has 0 unspecified atom stereocenters. The number of carbonyl (C=O) groups excluding carboxylic acids is 2. The molecule has 0 aromatic heterocycles. The first kappa shape index (κ1) is 14.7. The van der Waals surface area contributed by atoms with Crippen LogP contribution in [0.3, 0.4) is 0 Å². The van der Waals surface area contributed by atoms with Crippen LogP contribution >= 0.6 is 0 Å². The molecule has 0 heterocycles. The predicted octanol–water partition coefficient (Wildman–Crippen LogP) is 0.401. The highest BCUT2D eigenvalue weighted by Crippen LogP contribution is 2.06. The molecule has 6 nitrogen and oxygen atoms in total. The lowest BCUT2D eigenvalue weighted by Gasteiger charge is -2.20. The number of nitrogens with two attached hydrogens (primary N) is 1. The van der Waals surface area contributed by atoms with Gasteiger partial charge in [0.25, 0.3) is 0 Å². The molecule has 0 saturated heterocycles. The average Bonchev–Trinajstić information content (AvgIpc) is 2.11. The molecule has 0 aromatic rings. The van der Waals surface area contributed by atoms with Crippen molar-refractivity contribution in [3.8, 4) is 0 Å². The Bertz CT molecular complexity index is 248. The van der Waals surface area contributed by atoms with Gasteiger partial charge in [-0.05, 0) is 27.7 Å². The third-order valence-electron chi connectivity index (χ3n) is 1.45. The minimum Gasteiger partial charge on any atom is -0.465 e. The highest BCUT2D eigenvalue weighted by molar-refractivity contribution is 5.77. The smallest absolute Gasteiger partial charge is 0.407 e. The first-order chi connectivity index (χ1) is 7.26. The summed E-state index contributed by atoms with van der Waals surface area (Å²) in [6, 6.07) is -0.868. The molecule has 0 bridgehead atoms. The highest BCUT2D eigenvalue weighted by Gasteiger charge is 2.19. The van der Waals surface area contributed by atoms with Crippen LogP contribution in [0.4, 0.5) is 4.79 Å². The molecule has 1 atom stereocenters. The normalized spacial score (nSPS) is 12.8. The molecular formula is C10H20N2O4. The Morgan fingerprint density at radius 3 is 2.38 bits per heavy atom. The second-order valence-electron chi connectivity index (χ2n) is 4.24. The van der Waals surface area contributed by atoms with Crippen LogP contribution in [-0.2, 0) is 14.3 Å².